The third-order valence-electron chi connectivity index (χ3n) is 2.15. The number of fused-ring (bicyclic) bond motifs is 1. The molecule has 0 bridgehead atoms. The Morgan fingerprint density at radius 2 is 2.20 bits per heavy atom. The highest BCUT2D eigenvalue weighted by Gasteiger charge is 2.07. The molecule has 0 aliphatic heterocycles. The first-order valence-corrected chi connectivity index (χ1v) is 4.41. The predicted molar refractivity (Wildman–Crippen MR) is 52.0 cm³/mol. The number of H-pyrrole nitrogens is 1. The fourth-order valence-corrected chi connectivity index (χ4v) is 1.44. The van der Waals surface area contributed by atoms with Gasteiger partial charge in [0.25, 0.3) is 0 Å². The van der Waals surface area contributed by atoms with Crippen LogP contribution in [-0.4, -0.2) is 19.7 Å². The molecule has 0 saturated heterocycles. The SMILES string of the molecule is Fc1ccccc1-n1cc2[nH][c]nc2n1. The summed E-state index contributed by atoms with van der Waals surface area (Å²) in [6, 6.07) is 6.45. The molecule has 4 nitrogen and oxygen atoms in total. The smallest absolute Gasteiger partial charge is 0.200 e. The number of aromatic amines is 1. The minimum atomic E-state index is -0.313. The average molecular weight is 201 g/mol. The van der Waals surface area contributed by atoms with E-state index >= 15 is 0 Å². The Kier molecular flexibility index (Phi) is 1.58. The summed E-state index contributed by atoms with van der Waals surface area (Å²) in [5.41, 5.74) is 1.67. The first-order valence-electron chi connectivity index (χ1n) is 4.41. The predicted octanol–water partition coefficient (Wildman–Crippen LogP) is 1.69. The van der Waals surface area contributed by atoms with E-state index in [0.29, 0.717) is 11.3 Å². The van der Waals surface area contributed by atoms with Crippen molar-refractivity contribution in [2.75, 3.05) is 0 Å². The molecule has 1 N–H and O–H groups in total. The number of hydrogen-bond donors (Lipinski definition) is 1. The average Bonchev–Trinajstić information content (AvgIpc) is 2.77. The molecule has 3 aromatic rings. The number of nitrogens with one attached hydrogen (secondary N) is 1. The number of hydrogen-bond acceptors (Lipinski definition) is 2. The number of imidazole rings is 1. The molecular weight excluding hydrogens is 195 g/mol. The minimum Gasteiger partial charge on any atom is -0.333 e. The first-order chi connectivity index (χ1) is 7.34. The molecule has 0 aliphatic carbocycles. The van der Waals surface area contributed by atoms with E-state index in [1.807, 2.05) is 0 Å². The Labute approximate surface area is 84.4 Å². The molecule has 0 saturated carbocycles. The zero-order chi connectivity index (χ0) is 10.3. The van der Waals surface area contributed by atoms with Gasteiger partial charge in [0.2, 0.25) is 0 Å². The molecule has 2 aromatic heterocycles. The Balaban J connectivity index is 2.22. The molecule has 0 aliphatic rings. The van der Waals surface area contributed by atoms with E-state index in [1.54, 1.807) is 24.4 Å². The summed E-state index contributed by atoms with van der Waals surface area (Å²) in [6.07, 6.45) is 4.24. The standard InChI is InChI=1S/C10H6FN4/c11-7-3-1-2-4-9(7)15-5-8-10(14-15)13-6-12-8/h1-5H,(H,12,13,14). The molecule has 0 amide bonds. The van der Waals surface area contributed by atoms with Gasteiger partial charge in [0, 0.05) is 0 Å². The van der Waals surface area contributed by atoms with Gasteiger partial charge in [-0.25, -0.2) is 14.1 Å². The molecule has 0 unspecified atom stereocenters. The maximum atomic E-state index is 13.4. The second-order valence-electron chi connectivity index (χ2n) is 3.11. The number of nitrogens with zero attached hydrogens (tertiary/aromatic N) is 3. The van der Waals surface area contributed by atoms with E-state index in [1.165, 1.54) is 10.7 Å². The van der Waals surface area contributed by atoms with Crippen LogP contribution >= 0.6 is 0 Å². The quantitative estimate of drug-likeness (QED) is 0.651. The summed E-state index contributed by atoms with van der Waals surface area (Å²) in [4.78, 5) is 6.65. The van der Waals surface area contributed by atoms with Crippen LogP contribution in [0.25, 0.3) is 16.9 Å². The summed E-state index contributed by atoms with van der Waals surface area (Å²) in [6.45, 7) is 0. The highest BCUT2D eigenvalue weighted by molar-refractivity contribution is 5.69. The number of rotatable bonds is 1. The lowest BCUT2D eigenvalue weighted by atomic mass is 10.3. The van der Waals surface area contributed by atoms with Crippen molar-refractivity contribution in [2.45, 2.75) is 0 Å². The molecule has 3 rings (SSSR count). The lowest BCUT2D eigenvalue weighted by Gasteiger charge is -2.00. The maximum absolute atomic E-state index is 13.4. The third kappa shape index (κ3) is 1.20. The van der Waals surface area contributed by atoms with Gasteiger partial charge in [0.05, 0.1) is 6.20 Å². The minimum absolute atomic E-state index is 0.313. The molecule has 0 fully saturated rings. The van der Waals surface area contributed by atoms with Crippen molar-refractivity contribution in [3.8, 4) is 5.69 Å². The Bertz CT molecular complexity index is 582. The van der Waals surface area contributed by atoms with Gasteiger partial charge in [-0.3, -0.25) is 0 Å². The number of benzene rings is 1. The van der Waals surface area contributed by atoms with Crippen molar-refractivity contribution >= 4 is 11.2 Å². The highest BCUT2D eigenvalue weighted by atomic mass is 19.1. The van der Waals surface area contributed by atoms with Crippen LogP contribution in [0.4, 0.5) is 4.39 Å². The topological polar surface area (TPSA) is 46.5 Å². The van der Waals surface area contributed by atoms with Crippen molar-refractivity contribution in [2.24, 2.45) is 0 Å². The van der Waals surface area contributed by atoms with Crippen LogP contribution in [0.1, 0.15) is 0 Å². The van der Waals surface area contributed by atoms with E-state index in [2.05, 4.69) is 21.4 Å². The van der Waals surface area contributed by atoms with Crippen molar-refractivity contribution in [1.82, 2.24) is 19.7 Å². The zero-order valence-electron chi connectivity index (χ0n) is 7.61. The van der Waals surface area contributed by atoms with Gasteiger partial charge in [0.15, 0.2) is 12.0 Å². The van der Waals surface area contributed by atoms with Gasteiger partial charge in [-0.15, -0.1) is 5.10 Å². The third-order valence-corrected chi connectivity index (χ3v) is 2.15. The van der Waals surface area contributed by atoms with E-state index in [9.17, 15) is 4.39 Å². The molecule has 1 radical (unpaired) electrons. The van der Waals surface area contributed by atoms with Gasteiger partial charge in [-0.2, -0.15) is 0 Å². The lowest BCUT2D eigenvalue weighted by molar-refractivity contribution is 0.611. The van der Waals surface area contributed by atoms with Gasteiger partial charge in [-0.1, -0.05) is 12.1 Å². The van der Waals surface area contributed by atoms with Crippen molar-refractivity contribution in [3.05, 3.63) is 42.6 Å². The van der Waals surface area contributed by atoms with Crippen molar-refractivity contribution < 1.29 is 4.39 Å². The molecule has 0 spiro atoms. The van der Waals surface area contributed by atoms with E-state index < -0.39 is 0 Å². The largest absolute Gasteiger partial charge is 0.333 e. The van der Waals surface area contributed by atoms with Crippen LogP contribution in [0.5, 0.6) is 0 Å². The molecular formula is C10H6FN4. The maximum Gasteiger partial charge on any atom is 0.200 e. The summed E-state index contributed by atoms with van der Waals surface area (Å²) in [5.74, 6) is -0.313. The van der Waals surface area contributed by atoms with Crippen LogP contribution in [0.2, 0.25) is 0 Å². The van der Waals surface area contributed by atoms with Crippen molar-refractivity contribution in [1.29, 1.82) is 0 Å². The molecule has 2 heterocycles. The van der Waals surface area contributed by atoms with Crippen LogP contribution in [0, 0.1) is 12.1 Å². The number of halogens is 1. The second kappa shape index (κ2) is 2.91. The normalized spacial score (nSPS) is 11.0. The zero-order valence-corrected chi connectivity index (χ0v) is 7.61. The molecule has 1 aromatic carbocycles. The summed E-state index contributed by atoms with van der Waals surface area (Å²) in [7, 11) is 0. The number of aromatic nitrogens is 4. The van der Waals surface area contributed by atoms with E-state index in [4.69, 9.17) is 0 Å². The van der Waals surface area contributed by atoms with E-state index in [0.717, 1.165) is 5.52 Å². The molecule has 15 heavy (non-hydrogen) atoms. The van der Waals surface area contributed by atoms with E-state index in [-0.39, 0.29) is 5.82 Å². The molecule has 5 heteroatoms. The first kappa shape index (κ1) is 8.16. The lowest BCUT2D eigenvalue weighted by Crippen LogP contribution is -1.97. The van der Waals surface area contributed by atoms with Crippen LogP contribution in [0.3, 0.4) is 0 Å². The fraction of sp³-hybridized carbons (Fsp3) is 0. The van der Waals surface area contributed by atoms with Gasteiger partial charge < -0.3 is 4.98 Å². The summed E-state index contributed by atoms with van der Waals surface area (Å²) in [5, 5.41) is 4.11. The van der Waals surface area contributed by atoms with Crippen molar-refractivity contribution in [3.63, 3.8) is 0 Å². The van der Waals surface area contributed by atoms with Gasteiger partial charge >= 0.3 is 0 Å². The van der Waals surface area contributed by atoms with Crippen LogP contribution < -0.4 is 0 Å². The van der Waals surface area contributed by atoms with Gasteiger partial charge in [0.1, 0.15) is 17.0 Å². The highest BCUT2D eigenvalue weighted by Crippen LogP contribution is 2.14. The Hall–Kier alpha value is -2.17. The number of para-hydroxylation sites is 1. The molecule has 0 atom stereocenters. The van der Waals surface area contributed by atoms with Gasteiger partial charge in [-0.05, 0) is 12.1 Å². The monoisotopic (exact) mass is 201 g/mol. The summed E-state index contributed by atoms with van der Waals surface area (Å²) < 4.78 is 14.9. The molecule has 73 valence electrons. The van der Waals surface area contributed by atoms with Crippen LogP contribution in [0.15, 0.2) is 30.5 Å². The Morgan fingerprint density at radius 3 is 3.00 bits per heavy atom. The second-order valence-corrected chi connectivity index (χ2v) is 3.11. The summed E-state index contributed by atoms with van der Waals surface area (Å²) >= 11 is 0. The fourth-order valence-electron chi connectivity index (χ4n) is 1.44. The Morgan fingerprint density at radius 1 is 1.33 bits per heavy atom. The van der Waals surface area contributed by atoms with Crippen LogP contribution in [-0.2, 0) is 0 Å².